The third kappa shape index (κ3) is 4.15. The lowest BCUT2D eigenvalue weighted by molar-refractivity contribution is 0.509. The van der Waals surface area contributed by atoms with E-state index in [1.165, 1.54) is 6.07 Å². The van der Waals surface area contributed by atoms with Crippen LogP contribution in [0.4, 0.5) is 31.9 Å². The van der Waals surface area contributed by atoms with Crippen molar-refractivity contribution in [2.24, 2.45) is 0 Å². The van der Waals surface area contributed by atoms with Gasteiger partial charge >= 0.3 is 0 Å². The number of rotatable bonds is 4. The fourth-order valence-electron chi connectivity index (χ4n) is 2.14. The Balaban J connectivity index is 1.89. The van der Waals surface area contributed by atoms with Crippen LogP contribution in [-0.2, 0) is 0 Å². The summed E-state index contributed by atoms with van der Waals surface area (Å²) in [7, 11) is 0. The highest BCUT2D eigenvalue weighted by molar-refractivity contribution is 6.39. The van der Waals surface area contributed by atoms with Crippen LogP contribution in [-0.4, -0.2) is 9.97 Å². The van der Waals surface area contributed by atoms with E-state index in [0.29, 0.717) is 32.9 Å². The average molecular weight is 381 g/mol. The lowest BCUT2D eigenvalue weighted by Crippen LogP contribution is -2.03. The normalized spacial score (nSPS) is 10.6. The van der Waals surface area contributed by atoms with Crippen molar-refractivity contribution in [1.29, 1.82) is 0 Å². The van der Waals surface area contributed by atoms with Gasteiger partial charge < -0.3 is 10.6 Å². The maximum absolute atomic E-state index is 13.3. The highest BCUT2D eigenvalue weighted by Gasteiger charge is 2.10. The first-order valence-corrected chi connectivity index (χ1v) is 7.97. The van der Waals surface area contributed by atoms with Gasteiger partial charge in [0.25, 0.3) is 0 Å². The van der Waals surface area contributed by atoms with Crippen molar-refractivity contribution in [3.8, 4) is 0 Å². The topological polar surface area (TPSA) is 49.8 Å². The summed E-state index contributed by atoms with van der Waals surface area (Å²) in [5.41, 5.74) is 1.50. The van der Waals surface area contributed by atoms with Crippen LogP contribution in [0.1, 0.15) is 5.69 Å². The second kappa shape index (κ2) is 7.21. The van der Waals surface area contributed by atoms with Crippen molar-refractivity contribution in [2.45, 2.75) is 6.92 Å². The molecule has 1 aromatic heterocycles. The molecule has 0 aliphatic rings. The molecule has 3 rings (SSSR count). The predicted molar refractivity (Wildman–Crippen MR) is 96.2 cm³/mol. The number of aromatic nitrogens is 2. The van der Waals surface area contributed by atoms with Crippen molar-refractivity contribution < 1.29 is 8.78 Å². The van der Waals surface area contributed by atoms with Crippen LogP contribution in [0.2, 0.25) is 10.0 Å². The van der Waals surface area contributed by atoms with Crippen LogP contribution in [0.3, 0.4) is 0 Å². The summed E-state index contributed by atoms with van der Waals surface area (Å²) in [6.07, 6.45) is 0. The molecule has 0 saturated heterocycles. The van der Waals surface area contributed by atoms with Crippen molar-refractivity contribution in [3.05, 3.63) is 69.8 Å². The summed E-state index contributed by atoms with van der Waals surface area (Å²) in [6.45, 7) is 1.78. The maximum Gasteiger partial charge on any atom is 0.229 e. The largest absolute Gasteiger partial charge is 0.340 e. The second-order valence-corrected chi connectivity index (χ2v) is 6.01. The van der Waals surface area contributed by atoms with Crippen molar-refractivity contribution in [1.82, 2.24) is 9.97 Å². The van der Waals surface area contributed by atoms with Gasteiger partial charge in [-0.15, -0.1) is 0 Å². The van der Waals surface area contributed by atoms with Crippen molar-refractivity contribution >= 4 is 46.3 Å². The van der Waals surface area contributed by atoms with Crippen LogP contribution < -0.4 is 10.6 Å². The summed E-state index contributed by atoms with van der Waals surface area (Å²) in [5.74, 6) is -1.19. The maximum atomic E-state index is 13.3. The molecular weight excluding hydrogens is 369 g/mol. The minimum Gasteiger partial charge on any atom is -0.340 e. The first kappa shape index (κ1) is 17.4. The minimum absolute atomic E-state index is 0.264. The SMILES string of the molecule is Cc1cc(Nc2ccc(F)c(F)c2)nc(Nc2c(Cl)cccc2Cl)n1. The number of anilines is 4. The molecule has 0 aliphatic heterocycles. The quantitative estimate of drug-likeness (QED) is 0.595. The summed E-state index contributed by atoms with van der Waals surface area (Å²) >= 11 is 12.3. The molecule has 3 aromatic rings. The van der Waals surface area contributed by atoms with Gasteiger partial charge in [-0.2, -0.15) is 4.98 Å². The zero-order valence-corrected chi connectivity index (χ0v) is 14.5. The lowest BCUT2D eigenvalue weighted by atomic mass is 10.3. The first-order chi connectivity index (χ1) is 11.9. The average Bonchev–Trinajstić information content (AvgIpc) is 2.54. The molecule has 0 spiro atoms. The molecule has 0 saturated carbocycles. The summed E-state index contributed by atoms with van der Waals surface area (Å²) in [4.78, 5) is 8.56. The van der Waals surface area contributed by atoms with Gasteiger partial charge in [0.2, 0.25) is 5.95 Å². The van der Waals surface area contributed by atoms with E-state index in [2.05, 4.69) is 20.6 Å². The summed E-state index contributed by atoms with van der Waals surface area (Å²) in [6, 6.07) is 10.3. The molecule has 0 amide bonds. The van der Waals surface area contributed by atoms with Gasteiger partial charge in [0, 0.05) is 23.5 Å². The van der Waals surface area contributed by atoms with Crippen LogP contribution in [0.5, 0.6) is 0 Å². The van der Waals surface area contributed by atoms with Gasteiger partial charge in [0.15, 0.2) is 11.6 Å². The van der Waals surface area contributed by atoms with Crippen LogP contribution >= 0.6 is 23.2 Å². The third-order valence-electron chi connectivity index (χ3n) is 3.25. The Bertz CT molecular complexity index is 914. The summed E-state index contributed by atoms with van der Waals surface area (Å²) < 4.78 is 26.3. The molecule has 0 fully saturated rings. The van der Waals surface area contributed by atoms with Crippen LogP contribution in [0.15, 0.2) is 42.5 Å². The fraction of sp³-hybridized carbons (Fsp3) is 0.0588. The Hall–Kier alpha value is -2.44. The molecule has 4 nitrogen and oxygen atoms in total. The Morgan fingerprint density at radius 3 is 2.28 bits per heavy atom. The number of benzene rings is 2. The molecule has 0 bridgehead atoms. The Labute approximate surface area is 152 Å². The molecule has 25 heavy (non-hydrogen) atoms. The van der Waals surface area contributed by atoms with E-state index in [1.807, 2.05) is 0 Å². The molecule has 0 unspecified atom stereocenters. The van der Waals surface area contributed by atoms with Gasteiger partial charge in [-0.25, -0.2) is 13.8 Å². The zero-order chi connectivity index (χ0) is 18.0. The van der Waals surface area contributed by atoms with Crippen LogP contribution in [0.25, 0.3) is 0 Å². The van der Waals surface area contributed by atoms with E-state index in [0.717, 1.165) is 12.1 Å². The highest BCUT2D eigenvalue weighted by atomic mass is 35.5. The van der Waals surface area contributed by atoms with Crippen LogP contribution in [0, 0.1) is 18.6 Å². The van der Waals surface area contributed by atoms with Gasteiger partial charge in [-0.3, -0.25) is 0 Å². The lowest BCUT2D eigenvalue weighted by Gasteiger charge is -2.12. The molecule has 0 radical (unpaired) electrons. The second-order valence-electron chi connectivity index (χ2n) is 5.19. The molecule has 8 heteroatoms. The van der Waals surface area contributed by atoms with E-state index in [9.17, 15) is 8.78 Å². The van der Waals surface area contributed by atoms with E-state index >= 15 is 0 Å². The van der Waals surface area contributed by atoms with E-state index in [1.54, 1.807) is 31.2 Å². The first-order valence-electron chi connectivity index (χ1n) is 7.21. The Morgan fingerprint density at radius 2 is 1.60 bits per heavy atom. The van der Waals surface area contributed by atoms with Crippen molar-refractivity contribution in [3.63, 3.8) is 0 Å². The molecule has 0 atom stereocenters. The molecule has 0 aliphatic carbocycles. The van der Waals surface area contributed by atoms with E-state index in [-0.39, 0.29) is 5.95 Å². The third-order valence-corrected chi connectivity index (χ3v) is 3.88. The smallest absolute Gasteiger partial charge is 0.229 e. The van der Waals surface area contributed by atoms with Gasteiger partial charge in [-0.05, 0) is 31.2 Å². The molecule has 1 heterocycles. The Kier molecular flexibility index (Phi) is 5.01. The molecular formula is C17H12Cl2F2N4. The zero-order valence-electron chi connectivity index (χ0n) is 12.9. The predicted octanol–water partition coefficient (Wildman–Crippen LogP) is 5.86. The number of nitrogens with one attached hydrogen (secondary N) is 2. The standard InChI is InChI=1S/C17H12Cl2F2N4/c1-9-7-15(23-10-5-6-13(20)14(21)8-10)24-17(22-9)25-16-11(18)3-2-4-12(16)19/h2-8H,1H3,(H2,22,23,24,25). The Morgan fingerprint density at radius 1 is 0.880 bits per heavy atom. The van der Waals surface area contributed by atoms with Gasteiger partial charge in [0.05, 0.1) is 15.7 Å². The number of para-hydroxylation sites is 1. The van der Waals surface area contributed by atoms with Crippen molar-refractivity contribution in [2.75, 3.05) is 10.6 Å². The van der Waals surface area contributed by atoms with E-state index in [4.69, 9.17) is 23.2 Å². The number of nitrogens with zero attached hydrogens (tertiary/aromatic N) is 2. The van der Waals surface area contributed by atoms with Gasteiger partial charge in [-0.1, -0.05) is 29.3 Å². The van der Waals surface area contributed by atoms with Gasteiger partial charge in [0.1, 0.15) is 5.82 Å². The fourth-order valence-corrected chi connectivity index (χ4v) is 2.63. The highest BCUT2D eigenvalue weighted by Crippen LogP contribution is 2.32. The number of hydrogen-bond acceptors (Lipinski definition) is 4. The van der Waals surface area contributed by atoms with E-state index < -0.39 is 11.6 Å². The molecule has 2 N–H and O–H groups in total. The number of hydrogen-bond donors (Lipinski definition) is 2. The minimum atomic E-state index is -0.947. The number of halogens is 4. The summed E-state index contributed by atoms with van der Waals surface area (Å²) in [5, 5.41) is 6.72. The molecule has 2 aromatic carbocycles. The number of aryl methyl sites for hydroxylation is 1. The molecule has 128 valence electrons. The monoisotopic (exact) mass is 380 g/mol.